The molecule has 0 aliphatic carbocycles. The highest BCUT2D eigenvalue weighted by molar-refractivity contribution is 5.80. The summed E-state index contributed by atoms with van der Waals surface area (Å²) in [5.41, 5.74) is 7.76. The van der Waals surface area contributed by atoms with Crippen LogP contribution in [0.1, 0.15) is 35.7 Å². The second-order valence-corrected chi connectivity index (χ2v) is 7.73. The smallest absolute Gasteiger partial charge is 0.220 e. The van der Waals surface area contributed by atoms with Crippen LogP contribution < -0.4 is 4.90 Å². The number of hydrogen-bond donors (Lipinski definition) is 0. The third-order valence-corrected chi connectivity index (χ3v) is 5.75. The summed E-state index contributed by atoms with van der Waals surface area (Å²) >= 11 is 0. The Kier molecular flexibility index (Phi) is 4.47. The standard InChI is InChI=1S/C25H25N3O/c1-18-16-20(19(2)28(18)21-8-4-3-5-9-21)10-13-25-26-23-17-22(11-12-24(23)29-25)27-14-6-7-15-27/h3-5,8-13,16-17H,6-7,14-15H2,1-2H3/b13-10+. The van der Waals surface area contributed by atoms with E-state index < -0.39 is 0 Å². The normalized spacial score (nSPS) is 14.5. The maximum atomic E-state index is 5.95. The van der Waals surface area contributed by atoms with Crippen LogP contribution in [-0.4, -0.2) is 22.6 Å². The Balaban J connectivity index is 1.43. The van der Waals surface area contributed by atoms with E-state index in [2.05, 4.69) is 76.8 Å². The first-order valence-electron chi connectivity index (χ1n) is 10.3. The molecule has 2 aromatic carbocycles. The van der Waals surface area contributed by atoms with Gasteiger partial charge in [0, 0.05) is 41.9 Å². The quantitative estimate of drug-likeness (QED) is 0.433. The number of aryl methyl sites for hydroxylation is 1. The van der Waals surface area contributed by atoms with Gasteiger partial charge in [0.05, 0.1) is 0 Å². The molecule has 0 N–H and O–H groups in total. The van der Waals surface area contributed by atoms with Crippen LogP contribution in [0, 0.1) is 13.8 Å². The largest absolute Gasteiger partial charge is 0.437 e. The van der Waals surface area contributed by atoms with Crippen molar-refractivity contribution in [3.63, 3.8) is 0 Å². The third kappa shape index (κ3) is 3.35. The van der Waals surface area contributed by atoms with Gasteiger partial charge in [-0.15, -0.1) is 0 Å². The molecule has 1 aliphatic rings. The SMILES string of the molecule is Cc1cc(/C=C/c2nc3cc(N4CCCC4)ccc3o2)c(C)n1-c1ccccc1. The Morgan fingerprint density at radius 2 is 1.69 bits per heavy atom. The maximum Gasteiger partial charge on any atom is 0.220 e. The fraction of sp³-hybridized carbons (Fsp3) is 0.240. The van der Waals surface area contributed by atoms with E-state index in [1.54, 1.807) is 0 Å². The Morgan fingerprint density at radius 1 is 0.897 bits per heavy atom. The van der Waals surface area contributed by atoms with Crippen LogP contribution in [-0.2, 0) is 0 Å². The number of fused-ring (bicyclic) bond motifs is 1. The molecule has 2 aromatic heterocycles. The summed E-state index contributed by atoms with van der Waals surface area (Å²) in [5.74, 6) is 0.642. The highest BCUT2D eigenvalue weighted by Crippen LogP contribution is 2.27. The van der Waals surface area contributed by atoms with Crippen molar-refractivity contribution in [3.05, 3.63) is 77.4 Å². The van der Waals surface area contributed by atoms with E-state index in [4.69, 9.17) is 4.42 Å². The van der Waals surface area contributed by atoms with E-state index in [9.17, 15) is 0 Å². The Labute approximate surface area is 171 Å². The predicted molar refractivity (Wildman–Crippen MR) is 120 cm³/mol. The number of nitrogens with zero attached hydrogens (tertiary/aromatic N) is 3. The number of para-hydroxylation sites is 1. The number of oxazole rings is 1. The topological polar surface area (TPSA) is 34.2 Å². The molecule has 0 spiro atoms. The van der Waals surface area contributed by atoms with Crippen LogP contribution in [0.15, 0.2) is 59.0 Å². The van der Waals surface area contributed by atoms with Gasteiger partial charge < -0.3 is 13.9 Å². The molecule has 4 heteroatoms. The molecule has 146 valence electrons. The van der Waals surface area contributed by atoms with E-state index in [1.165, 1.54) is 41.2 Å². The minimum atomic E-state index is 0.642. The molecule has 3 heterocycles. The van der Waals surface area contributed by atoms with Crippen LogP contribution in [0.25, 0.3) is 28.9 Å². The van der Waals surface area contributed by atoms with Crippen LogP contribution in [0.5, 0.6) is 0 Å². The van der Waals surface area contributed by atoms with Crippen LogP contribution in [0.4, 0.5) is 5.69 Å². The van der Waals surface area contributed by atoms with E-state index in [0.29, 0.717) is 5.89 Å². The molecule has 29 heavy (non-hydrogen) atoms. The average molecular weight is 383 g/mol. The lowest BCUT2D eigenvalue weighted by Gasteiger charge is -2.16. The highest BCUT2D eigenvalue weighted by atomic mass is 16.3. The van der Waals surface area contributed by atoms with Gasteiger partial charge in [0.2, 0.25) is 5.89 Å². The van der Waals surface area contributed by atoms with Crippen molar-refractivity contribution < 1.29 is 4.42 Å². The van der Waals surface area contributed by atoms with Gasteiger partial charge in [-0.25, -0.2) is 4.98 Å². The van der Waals surface area contributed by atoms with E-state index >= 15 is 0 Å². The summed E-state index contributed by atoms with van der Waals surface area (Å²) in [6.07, 6.45) is 6.60. The molecule has 0 amide bonds. The summed E-state index contributed by atoms with van der Waals surface area (Å²) in [7, 11) is 0. The molecule has 1 aliphatic heterocycles. The maximum absolute atomic E-state index is 5.95. The summed E-state index contributed by atoms with van der Waals surface area (Å²) in [4.78, 5) is 7.11. The zero-order chi connectivity index (χ0) is 19.8. The first-order chi connectivity index (χ1) is 14.2. The predicted octanol–water partition coefficient (Wildman–Crippen LogP) is 6.01. The van der Waals surface area contributed by atoms with Crippen molar-refractivity contribution in [2.24, 2.45) is 0 Å². The molecule has 0 radical (unpaired) electrons. The van der Waals surface area contributed by atoms with Gasteiger partial charge in [-0.1, -0.05) is 18.2 Å². The first-order valence-corrected chi connectivity index (χ1v) is 10.3. The number of anilines is 1. The first kappa shape index (κ1) is 17.8. The van der Waals surface area contributed by atoms with Gasteiger partial charge in [0.15, 0.2) is 5.58 Å². The van der Waals surface area contributed by atoms with Crippen molar-refractivity contribution in [3.8, 4) is 5.69 Å². The lowest BCUT2D eigenvalue weighted by molar-refractivity contribution is 0.589. The van der Waals surface area contributed by atoms with Gasteiger partial charge in [-0.2, -0.15) is 0 Å². The molecule has 0 bridgehead atoms. The number of hydrogen-bond acceptors (Lipinski definition) is 3. The number of aromatic nitrogens is 2. The fourth-order valence-corrected chi connectivity index (χ4v) is 4.27. The minimum Gasteiger partial charge on any atom is -0.437 e. The van der Waals surface area contributed by atoms with Crippen molar-refractivity contribution in [1.29, 1.82) is 0 Å². The van der Waals surface area contributed by atoms with Gasteiger partial charge >= 0.3 is 0 Å². The molecular weight excluding hydrogens is 358 g/mol. The lowest BCUT2D eigenvalue weighted by Crippen LogP contribution is -2.17. The second-order valence-electron chi connectivity index (χ2n) is 7.73. The van der Waals surface area contributed by atoms with Crippen LogP contribution >= 0.6 is 0 Å². The van der Waals surface area contributed by atoms with Crippen LogP contribution in [0.3, 0.4) is 0 Å². The van der Waals surface area contributed by atoms with Gasteiger partial charge in [0.1, 0.15) is 5.52 Å². The summed E-state index contributed by atoms with van der Waals surface area (Å²) < 4.78 is 8.22. The molecule has 4 aromatic rings. The second kappa shape index (κ2) is 7.28. The molecule has 1 saturated heterocycles. The molecule has 4 nitrogen and oxygen atoms in total. The summed E-state index contributed by atoms with van der Waals surface area (Å²) in [6, 6.07) is 19.0. The van der Waals surface area contributed by atoms with E-state index in [-0.39, 0.29) is 0 Å². The van der Waals surface area contributed by atoms with Gasteiger partial charge in [-0.05, 0) is 74.7 Å². The molecule has 0 atom stereocenters. The molecular formula is C25H25N3O. The monoisotopic (exact) mass is 383 g/mol. The minimum absolute atomic E-state index is 0.642. The number of benzene rings is 2. The van der Waals surface area contributed by atoms with Crippen LogP contribution in [0.2, 0.25) is 0 Å². The lowest BCUT2D eigenvalue weighted by atomic mass is 10.2. The number of rotatable bonds is 4. The average Bonchev–Trinajstić information content (AvgIpc) is 3.45. The molecule has 5 rings (SSSR count). The van der Waals surface area contributed by atoms with Crippen molar-refractivity contribution in [2.45, 2.75) is 26.7 Å². The summed E-state index contributed by atoms with van der Waals surface area (Å²) in [6.45, 7) is 6.55. The Bertz CT molecular complexity index is 1180. The van der Waals surface area contributed by atoms with Gasteiger partial charge in [0.25, 0.3) is 0 Å². The molecule has 1 fully saturated rings. The van der Waals surface area contributed by atoms with Crippen molar-refractivity contribution in [2.75, 3.05) is 18.0 Å². The Hall–Kier alpha value is -3.27. The highest BCUT2D eigenvalue weighted by Gasteiger charge is 2.14. The van der Waals surface area contributed by atoms with Crippen molar-refractivity contribution in [1.82, 2.24) is 9.55 Å². The Morgan fingerprint density at radius 3 is 2.48 bits per heavy atom. The van der Waals surface area contributed by atoms with E-state index in [0.717, 1.165) is 24.2 Å². The molecule has 0 saturated carbocycles. The molecule has 0 unspecified atom stereocenters. The zero-order valence-corrected chi connectivity index (χ0v) is 16.9. The third-order valence-electron chi connectivity index (χ3n) is 5.75. The van der Waals surface area contributed by atoms with Gasteiger partial charge in [-0.3, -0.25) is 0 Å². The van der Waals surface area contributed by atoms with Crippen molar-refractivity contribution >= 4 is 28.9 Å². The summed E-state index contributed by atoms with van der Waals surface area (Å²) in [5, 5.41) is 0. The zero-order valence-electron chi connectivity index (χ0n) is 16.9. The van der Waals surface area contributed by atoms with E-state index in [1.807, 2.05) is 18.2 Å². The fourth-order valence-electron chi connectivity index (χ4n) is 4.27.